The fourth-order valence-corrected chi connectivity index (χ4v) is 3.32. The van der Waals surface area contributed by atoms with Crippen LogP contribution in [0.15, 0.2) is 41.4 Å². The summed E-state index contributed by atoms with van der Waals surface area (Å²) in [6.45, 7) is 2.14. The first-order valence-corrected chi connectivity index (χ1v) is 9.57. The fourth-order valence-electron chi connectivity index (χ4n) is 2.20. The number of benzene rings is 1. The summed E-state index contributed by atoms with van der Waals surface area (Å²) in [5.74, 6) is 0.473. The largest absolute Gasteiger partial charge is 0.326 e. The van der Waals surface area contributed by atoms with Crippen LogP contribution in [0.1, 0.15) is 37.4 Å². The van der Waals surface area contributed by atoms with Crippen molar-refractivity contribution in [2.24, 2.45) is 0 Å². The lowest BCUT2D eigenvalue weighted by atomic mass is 10.2. The molecule has 2 aromatic rings. The number of anilines is 1. The number of rotatable bonds is 8. The molecule has 0 aliphatic heterocycles. The highest BCUT2D eigenvalue weighted by molar-refractivity contribution is 7.99. The van der Waals surface area contributed by atoms with Gasteiger partial charge in [0.05, 0.1) is 5.56 Å². The third kappa shape index (κ3) is 6.41. The van der Waals surface area contributed by atoms with Gasteiger partial charge in [0.25, 0.3) is 0 Å². The summed E-state index contributed by atoms with van der Waals surface area (Å²) in [7, 11) is 0. The van der Waals surface area contributed by atoms with E-state index in [0.717, 1.165) is 25.0 Å². The van der Waals surface area contributed by atoms with E-state index in [0.29, 0.717) is 33.5 Å². The first-order valence-electron chi connectivity index (χ1n) is 8.20. The van der Waals surface area contributed by atoms with Gasteiger partial charge in [-0.1, -0.05) is 31.0 Å². The molecule has 0 bridgehead atoms. The lowest BCUT2D eigenvalue weighted by Gasteiger charge is -2.07. The SMILES string of the molecule is CCCCc1ccc(C#N)c(SCCC(=O)Nc2cccc(Cl)c2)n1. The van der Waals surface area contributed by atoms with E-state index < -0.39 is 0 Å². The van der Waals surface area contributed by atoms with Gasteiger partial charge in [0, 0.05) is 28.6 Å². The molecule has 0 saturated carbocycles. The van der Waals surface area contributed by atoms with Crippen molar-refractivity contribution in [3.05, 3.63) is 52.7 Å². The number of pyridine rings is 1. The van der Waals surface area contributed by atoms with E-state index in [1.54, 1.807) is 24.3 Å². The Balaban J connectivity index is 1.89. The van der Waals surface area contributed by atoms with Crippen LogP contribution in [0.2, 0.25) is 5.02 Å². The van der Waals surface area contributed by atoms with E-state index in [4.69, 9.17) is 11.6 Å². The van der Waals surface area contributed by atoms with E-state index in [2.05, 4.69) is 23.3 Å². The topological polar surface area (TPSA) is 65.8 Å². The molecule has 0 aliphatic rings. The van der Waals surface area contributed by atoms with Crippen LogP contribution in [0.5, 0.6) is 0 Å². The Labute approximate surface area is 157 Å². The molecule has 1 N–H and O–H groups in total. The zero-order valence-corrected chi connectivity index (χ0v) is 15.7. The zero-order chi connectivity index (χ0) is 18.1. The van der Waals surface area contributed by atoms with Gasteiger partial charge in [-0.3, -0.25) is 4.79 Å². The number of thioether (sulfide) groups is 1. The highest BCUT2D eigenvalue weighted by Gasteiger charge is 2.09. The van der Waals surface area contributed by atoms with Crippen LogP contribution in [0.3, 0.4) is 0 Å². The molecule has 1 amide bonds. The van der Waals surface area contributed by atoms with Crippen molar-refractivity contribution in [3.63, 3.8) is 0 Å². The minimum Gasteiger partial charge on any atom is -0.326 e. The van der Waals surface area contributed by atoms with Crippen LogP contribution in [-0.4, -0.2) is 16.6 Å². The van der Waals surface area contributed by atoms with Gasteiger partial charge in [-0.15, -0.1) is 11.8 Å². The monoisotopic (exact) mass is 373 g/mol. The zero-order valence-electron chi connectivity index (χ0n) is 14.1. The minimum absolute atomic E-state index is 0.0876. The summed E-state index contributed by atoms with van der Waals surface area (Å²) < 4.78 is 0. The number of aromatic nitrogens is 1. The molecule has 0 radical (unpaired) electrons. The van der Waals surface area contributed by atoms with E-state index in [1.807, 2.05) is 12.1 Å². The molecule has 0 fully saturated rings. The van der Waals surface area contributed by atoms with Gasteiger partial charge in [-0.05, 0) is 43.2 Å². The molecule has 2 rings (SSSR count). The Morgan fingerprint density at radius 2 is 2.20 bits per heavy atom. The summed E-state index contributed by atoms with van der Waals surface area (Å²) in [5.41, 5.74) is 2.23. The lowest BCUT2D eigenvalue weighted by molar-refractivity contribution is -0.115. The van der Waals surface area contributed by atoms with Crippen LogP contribution in [-0.2, 0) is 11.2 Å². The number of halogens is 1. The Morgan fingerprint density at radius 1 is 1.36 bits per heavy atom. The van der Waals surface area contributed by atoms with Crippen LogP contribution in [0.25, 0.3) is 0 Å². The predicted octanol–water partition coefficient (Wildman–Crippen LogP) is 5.07. The van der Waals surface area contributed by atoms with Gasteiger partial charge >= 0.3 is 0 Å². The van der Waals surface area contributed by atoms with E-state index in [-0.39, 0.29) is 5.91 Å². The minimum atomic E-state index is -0.0876. The highest BCUT2D eigenvalue weighted by Crippen LogP contribution is 2.22. The molecule has 0 atom stereocenters. The first kappa shape index (κ1) is 19.3. The molecule has 1 aromatic heterocycles. The van der Waals surface area contributed by atoms with Crippen molar-refractivity contribution in [2.75, 3.05) is 11.1 Å². The maximum absolute atomic E-state index is 12.0. The van der Waals surface area contributed by atoms with Crippen molar-refractivity contribution >= 4 is 35.0 Å². The second kappa shape index (κ2) is 10.1. The molecule has 0 unspecified atom stereocenters. The van der Waals surface area contributed by atoms with Gasteiger partial charge in [0.1, 0.15) is 11.1 Å². The van der Waals surface area contributed by atoms with Crippen molar-refractivity contribution < 1.29 is 4.79 Å². The van der Waals surface area contributed by atoms with Gasteiger partial charge in [0.15, 0.2) is 0 Å². The van der Waals surface area contributed by atoms with Crippen LogP contribution < -0.4 is 5.32 Å². The molecule has 0 spiro atoms. The number of hydrogen-bond donors (Lipinski definition) is 1. The lowest BCUT2D eigenvalue weighted by Crippen LogP contribution is -2.12. The standard InChI is InChI=1S/C19H20ClN3OS/c1-2-3-6-16-9-8-14(13-21)19(23-16)25-11-10-18(24)22-17-7-4-5-15(20)12-17/h4-5,7-9,12H,2-3,6,10-11H2,1H3,(H,22,24). The summed E-state index contributed by atoms with van der Waals surface area (Å²) in [6, 6.07) is 12.9. The molecule has 130 valence electrons. The molecular formula is C19H20ClN3OS. The van der Waals surface area contributed by atoms with Crippen molar-refractivity contribution in [2.45, 2.75) is 37.6 Å². The third-order valence-corrected chi connectivity index (χ3v) is 4.73. The maximum atomic E-state index is 12.0. The summed E-state index contributed by atoms with van der Waals surface area (Å²) in [5, 5.41) is 13.3. The average Bonchev–Trinajstić information content (AvgIpc) is 2.60. The van der Waals surface area contributed by atoms with Crippen molar-refractivity contribution in [3.8, 4) is 6.07 Å². The van der Waals surface area contributed by atoms with Crippen molar-refractivity contribution in [1.82, 2.24) is 4.98 Å². The predicted molar refractivity (Wildman–Crippen MR) is 103 cm³/mol. The summed E-state index contributed by atoms with van der Waals surface area (Å²) in [4.78, 5) is 16.6. The smallest absolute Gasteiger partial charge is 0.225 e. The highest BCUT2D eigenvalue weighted by atomic mass is 35.5. The third-order valence-electron chi connectivity index (χ3n) is 3.50. The number of aryl methyl sites for hydroxylation is 1. The Morgan fingerprint density at radius 3 is 2.92 bits per heavy atom. The van der Waals surface area contributed by atoms with E-state index >= 15 is 0 Å². The molecule has 6 heteroatoms. The van der Waals surface area contributed by atoms with Crippen LogP contribution in [0.4, 0.5) is 5.69 Å². The number of unbranched alkanes of at least 4 members (excludes halogenated alkanes) is 1. The number of nitrogens with zero attached hydrogens (tertiary/aromatic N) is 2. The number of carbonyl (C=O) groups excluding carboxylic acids is 1. The molecular weight excluding hydrogens is 354 g/mol. The average molecular weight is 374 g/mol. The molecule has 0 aliphatic carbocycles. The Hall–Kier alpha value is -2.03. The number of nitriles is 1. The second-order valence-electron chi connectivity index (χ2n) is 5.53. The van der Waals surface area contributed by atoms with Crippen molar-refractivity contribution in [1.29, 1.82) is 5.26 Å². The van der Waals surface area contributed by atoms with Gasteiger partial charge < -0.3 is 5.32 Å². The molecule has 4 nitrogen and oxygen atoms in total. The molecule has 1 aromatic carbocycles. The van der Waals surface area contributed by atoms with E-state index in [1.165, 1.54) is 11.8 Å². The molecule has 25 heavy (non-hydrogen) atoms. The van der Waals surface area contributed by atoms with Gasteiger partial charge in [-0.25, -0.2) is 4.98 Å². The van der Waals surface area contributed by atoms with Gasteiger partial charge in [-0.2, -0.15) is 5.26 Å². The molecule has 0 saturated heterocycles. The Kier molecular flexibility index (Phi) is 7.77. The number of hydrogen-bond acceptors (Lipinski definition) is 4. The number of amides is 1. The first-order chi connectivity index (χ1) is 12.1. The maximum Gasteiger partial charge on any atom is 0.225 e. The number of nitrogens with one attached hydrogen (secondary N) is 1. The normalized spacial score (nSPS) is 10.3. The molecule has 1 heterocycles. The second-order valence-corrected chi connectivity index (χ2v) is 7.05. The van der Waals surface area contributed by atoms with E-state index in [9.17, 15) is 10.1 Å². The van der Waals surface area contributed by atoms with Gasteiger partial charge in [0.2, 0.25) is 5.91 Å². The fraction of sp³-hybridized carbons (Fsp3) is 0.316. The quantitative estimate of drug-likeness (QED) is 0.656. The van der Waals surface area contributed by atoms with Crippen LogP contribution in [0, 0.1) is 11.3 Å². The van der Waals surface area contributed by atoms with Crippen LogP contribution >= 0.6 is 23.4 Å². The summed E-state index contributed by atoms with van der Waals surface area (Å²) in [6.07, 6.45) is 3.42. The summed E-state index contributed by atoms with van der Waals surface area (Å²) >= 11 is 7.34. The Bertz CT molecular complexity index is 774. The number of carbonyl (C=O) groups is 1.